The highest BCUT2D eigenvalue weighted by Crippen LogP contribution is 2.45. The Balaban J connectivity index is 2.01. The van der Waals surface area contributed by atoms with Gasteiger partial charge in [-0.2, -0.15) is 4.98 Å². The van der Waals surface area contributed by atoms with E-state index in [1.165, 1.54) is 18.7 Å². The van der Waals surface area contributed by atoms with Gasteiger partial charge in [0.15, 0.2) is 5.69 Å². The smallest absolute Gasteiger partial charge is 0.247 e. The first-order valence-corrected chi connectivity index (χ1v) is 10.3. The van der Waals surface area contributed by atoms with E-state index in [0.717, 1.165) is 0 Å². The zero-order valence-electron chi connectivity index (χ0n) is 15.9. The number of fused-ring (bicyclic) bond motifs is 3. The predicted molar refractivity (Wildman–Crippen MR) is 112 cm³/mol. The molecular formula is C20H17ClN4O3S. The van der Waals surface area contributed by atoms with Crippen molar-refractivity contribution in [3.05, 3.63) is 53.1 Å². The van der Waals surface area contributed by atoms with Crippen molar-refractivity contribution in [2.24, 2.45) is 0 Å². The molecule has 2 heterocycles. The van der Waals surface area contributed by atoms with Crippen LogP contribution in [0.4, 0.5) is 5.69 Å². The normalized spacial score (nSPS) is 15.0. The SMILES string of the molecule is COc1ccc(Cl)cc1[C@H]1Oc2nc(SC)nnc2-c2ccccc2N1C(C)=O. The maximum Gasteiger partial charge on any atom is 0.247 e. The standard InChI is InChI=1S/C20H17ClN4O3S/c1-11(26)25-15-7-5-4-6-13(15)17-18(22-20(29-3)24-23-17)28-19(25)14-10-12(21)8-9-16(14)27-2/h4-10,19H,1-3H3/t19-/m1/s1. The molecular weight excluding hydrogens is 412 g/mol. The lowest BCUT2D eigenvalue weighted by Gasteiger charge is -2.30. The second kappa shape index (κ2) is 7.88. The number of hydrogen-bond acceptors (Lipinski definition) is 7. The largest absolute Gasteiger partial charge is 0.496 e. The number of hydrogen-bond donors (Lipinski definition) is 0. The average Bonchev–Trinajstić information content (AvgIpc) is 2.87. The quantitative estimate of drug-likeness (QED) is 0.573. The summed E-state index contributed by atoms with van der Waals surface area (Å²) >= 11 is 7.61. The molecule has 0 saturated heterocycles. The van der Waals surface area contributed by atoms with Gasteiger partial charge in [0, 0.05) is 17.5 Å². The monoisotopic (exact) mass is 428 g/mol. The Kier molecular flexibility index (Phi) is 5.29. The van der Waals surface area contributed by atoms with Gasteiger partial charge < -0.3 is 9.47 Å². The first-order chi connectivity index (χ1) is 14.0. The lowest BCUT2D eigenvalue weighted by atomic mass is 10.1. The van der Waals surface area contributed by atoms with Gasteiger partial charge in [-0.05, 0) is 30.5 Å². The fraction of sp³-hybridized carbons (Fsp3) is 0.200. The summed E-state index contributed by atoms with van der Waals surface area (Å²) in [6, 6.07) is 12.6. The van der Waals surface area contributed by atoms with Crippen molar-refractivity contribution in [1.29, 1.82) is 0 Å². The minimum absolute atomic E-state index is 0.213. The summed E-state index contributed by atoms with van der Waals surface area (Å²) in [6.45, 7) is 1.48. The van der Waals surface area contributed by atoms with E-state index in [1.54, 1.807) is 30.2 Å². The second-order valence-corrected chi connectivity index (χ2v) is 7.42. The van der Waals surface area contributed by atoms with Crippen molar-refractivity contribution in [3.63, 3.8) is 0 Å². The minimum atomic E-state index is -0.852. The van der Waals surface area contributed by atoms with Gasteiger partial charge in [0.25, 0.3) is 0 Å². The average molecular weight is 429 g/mol. The lowest BCUT2D eigenvalue weighted by Crippen LogP contribution is -2.36. The van der Waals surface area contributed by atoms with Crippen LogP contribution >= 0.6 is 23.4 Å². The van der Waals surface area contributed by atoms with Crippen LogP contribution in [-0.2, 0) is 4.79 Å². The molecule has 0 unspecified atom stereocenters. The Morgan fingerprint density at radius 1 is 1.24 bits per heavy atom. The summed E-state index contributed by atoms with van der Waals surface area (Å²) in [4.78, 5) is 18.8. The molecule has 148 valence electrons. The highest BCUT2D eigenvalue weighted by atomic mass is 35.5. The number of benzene rings is 2. The number of methoxy groups -OCH3 is 1. The molecule has 3 aromatic rings. The van der Waals surface area contributed by atoms with Crippen molar-refractivity contribution in [2.75, 3.05) is 18.3 Å². The molecule has 1 atom stereocenters. The van der Waals surface area contributed by atoms with Gasteiger partial charge in [-0.25, -0.2) is 0 Å². The van der Waals surface area contributed by atoms with E-state index >= 15 is 0 Å². The van der Waals surface area contributed by atoms with E-state index in [4.69, 9.17) is 21.1 Å². The number of halogens is 1. The summed E-state index contributed by atoms with van der Waals surface area (Å²) in [6.07, 6.45) is 1.00. The maximum atomic E-state index is 12.8. The zero-order chi connectivity index (χ0) is 20.5. The summed E-state index contributed by atoms with van der Waals surface area (Å²) in [5, 5.41) is 9.42. The van der Waals surface area contributed by atoms with Gasteiger partial charge in [0.05, 0.1) is 18.4 Å². The van der Waals surface area contributed by atoms with E-state index in [2.05, 4.69) is 15.2 Å². The van der Waals surface area contributed by atoms with Crippen LogP contribution < -0.4 is 14.4 Å². The highest BCUT2D eigenvalue weighted by Gasteiger charge is 2.36. The molecule has 1 aromatic heterocycles. The van der Waals surface area contributed by atoms with Crippen molar-refractivity contribution < 1.29 is 14.3 Å². The number of amides is 1. The van der Waals surface area contributed by atoms with Crippen LogP contribution in [0.3, 0.4) is 0 Å². The van der Waals surface area contributed by atoms with Crippen LogP contribution in [0, 0.1) is 0 Å². The van der Waals surface area contributed by atoms with Gasteiger partial charge >= 0.3 is 0 Å². The van der Waals surface area contributed by atoms with E-state index in [-0.39, 0.29) is 11.8 Å². The molecule has 1 aliphatic heterocycles. The molecule has 1 aliphatic rings. The summed E-state index contributed by atoms with van der Waals surface area (Å²) in [5.41, 5.74) is 2.41. The molecule has 29 heavy (non-hydrogen) atoms. The third-order valence-corrected chi connectivity index (χ3v) is 5.26. The fourth-order valence-electron chi connectivity index (χ4n) is 3.24. The van der Waals surface area contributed by atoms with Crippen LogP contribution in [0.25, 0.3) is 11.3 Å². The molecule has 0 bridgehead atoms. The lowest BCUT2D eigenvalue weighted by molar-refractivity contribution is -0.118. The van der Waals surface area contributed by atoms with Gasteiger partial charge in [-0.15, -0.1) is 10.2 Å². The van der Waals surface area contributed by atoms with Crippen molar-refractivity contribution in [3.8, 4) is 22.9 Å². The fourth-order valence-corrected chi connectivity index (χ4v) is 3.72. The van der Waals surface area contributed by atoms with E-state index in [1.807, 2.05) is 30.5 Å². The Labute approximate surface area is 177 Å². The van der Waals surface area contributed by atoms with E-state index < -0.39 is 6.23 Å². The second-order valence-electron chi connectivity index (χ2n) is 6.21. The van der Waals surface area contributed by atoms with Gasteiger partial charge in [0.2, 0.25) is 23.2 Å². The Morgan fingerprint density at radius 2 is 2.03 bits per heavy atom. The molecule has 0 saturated carbocycles. The molecule has 0 N–H and O–H groups in total. The Hall–Kier alpha value is -2.84. The Morgan fingerprint density at radius 3 is 2.76 bits per heavy atom. The van der Waals surface area contributed by atoms with Crippen molar-refractivity contribution in [1.82, 2.24) is 15.2 Å². The molecule has 7 nitrogen and oxygen atoms in total. The van der Waals surface area contributed by atoms with Crippen molar-refractivity contribution in [2.45, 2.75) is 18.3 Å². The van der Waals surface area contributed by atoms with Crippen molar-refractivity contribution >= 4 is 35.0 Å². The molecule has 9 heteroatoms. The summed E-state index contributed by atoms with van der Waals surface area (Å²) in [5.74, 6) is 0.613. The first kappa shape index (κ1) is 19.5. The number of thioether (sulfide) groups is 1. The van der Waals surface area contributed by atoms with Crippen LogP contribution in [0.1, 0.15) is 18.7 Å². The number of ether oxygens (including phenoxy) is 2. The van der Waals surface area contributed by atoms with Crippen LogP contribution in [0.15, 0.2) is 47.6 Å². The van der Waals surface area contributed by atoms with E-state index in [0.29, 0.717) is 38.4 Å². The van der Waals surface area contributed by atoms with Gasteiger partial charge in [-0.3, -0.25) is 9.69 Å². The number of aromatic nitrogens is 3. The van der Waals surface area contributed by atoms with Gasteiger partial charge in [-0.1, -0.05) is 41.6 Å². The third-order valence-electron chi connectivity index (χ3n) is 4.49. The van der Waals surface area contributed by atoms with Gasteiger partial charge in [0.1, 0.15) is 5.75 Å². The molecule has 0 aliphatic carbocycles. The topological polar surface area (TPSA) is 77.4 Å². The van der Waals surface area contributed by atoms with Crippen LogP contribution in [-0.4, -0.2) is 34.5 Å². The zero-order valence-corrected chi connectivity index (χ0v) is 17.5. The third kappa shape index (κ3) is 3.49. The highest BCUT2D eigenvalue weighted by molar-refractivity contribution is 7.98. The minimum Gasteiger partial charge on any atom is -0.496 e. The molecule has 0 radical (unpaired) electrons. The molecule has 1 amide bonds. The maximum absolute atomic E-state index is 12.8. The van der Waals surface area contributed by atoms with Crippen LogP contribution in [0.5, 0.6) is 11.6 Å². The number of para-hydroxylation sites is 1. The molecule has 2 aromatic carbocycles. The number of nitrogens with zero attached hydrogens (tertiary/aromatic N) is 4. The van der Waals surface area contributed by atoms with E-state index in [9.17, 15) is 4.79 Å². The summed E-state index contributed by atoms with van der Waals surface area (Å²) < 4.78 is 11.8. The first-order valence-electron chi connectivity index (χ1n) is 8.71. The number of anilines is 1. The summed E-state index contributed by atoms with van der Waals surface area (Å²) in [7, 11) is 1.55. The number of carbonyl (C=O) groups excluding carboxylic acids is 1. The van der Waals surface area contributed by atoms with Crippen LogP contribution in [0.2, 0.25) is 5.02 Å². The number of carbonyl (C=O) groups is 1. The predicted octanol–water partition coefficient (Wildman–Crippen LogP) is 4.37. The Bertz CT molecular complexity index is 1100. The molecule has 0 fully saturated rings. The number of rotatable bonds is 3. The molecule has 4 rings (SSSR count). The molecule has 0 spiro atoms.